The van der Waals surface area contributed by atoms with Gasteiger partial charge in [0.25, 0.3) is 0 Å². The first-order valence-electron chi connectivity index (χ1n) is 6.42. The van der Waals surface area contributed by atoms with E-state index in [9.17, 15) is 18.0 Å². The van der Waals surface area contributed by atoms with Gasteiger partial charge in [0, 0.05) is 18.8 Å². The van der Waals surface area contributed by atoms with E-state index in [2.05, 4.69) is 5.10 Å². The fraction of sp³-hybridized carbons (Fsp3) is 0.385. The fourth-order valence-corrected chi connectivity index (χ4v) is 2.27. The van der Waals surface area contributed by atoms with E-state index >= 15 is 0 Å². The molecule has 2 rings (SSSR count). The summed E-state index contributed by atoms with van der Waals surface area (Å²) >= 11 is 0. The number of rotatable bonds is 3. The molecule has 1 saturated heterocycles. The van der Waals surface area contributed by atoms with Crippen LogP contribution in [0.15, 0.2) is 23.3 Å². The van der Waals surface area contributed by atoms with Crippen LogP contribution >= 0.6 is 0 Å². The molecule has 0 spiro atoms. The molecule has 0 aliphatic carbocycles. The minimum Gasteiger partial charge on any atom is -0.371 e. The largest absolute Gasteiger partial charge is 0.418 e. The van der Waals surface area contributed by atoms with E-state index in [1.807, 2.05) is 5.43 Å². The molecule has 1 aromatic carbocycles. The number of anilines is 1. The quantitative estimate of drug-likeness (QED) is 0.664. The van der Waals surface area contributed by atoms with E-state index in [1.165, 1.54) is 12.1 Å². The maximum absolute atomic E-state index is 13.2. The number of primary amides is 1. The molecule has 0 radical (unpaired) electrons. The minimum atomic E-state index is -4.45. The van der Waals surface area contributed by atoms with Gasteiger partial charge in [0.1, 0.15) is 0 Å². The second-order valence-corrected chi connectivity index (χ2v) is 4.70. The van der Waals surface area contributed by atoms with Crippen LogP contribution in [-0.4, -0.2) is 25.3 Å². The van der Waals surface area contributed by atoms with Gasteiger partial charge in [-0.15, -0.1) is 0 Å². The summed E-state index contributed by atoms with van der Waals surface area (Å²) in [5, 5.41) is 3.46. The predicted octanol–water partition coefficient (Wildman–Crippen LogP) is 2.31. The monoisotopic (exact) mass is 300 g/mol. The topological polar surface area (TPSA) is 70.7 Å². The van der Waals surface area contributed by atoms with Crippen LogP contribution in [-0.2, 0) is 6.18 Å². The van der Waals surface area contributed by atoms with Crippen LogP contribution in [0.2, 0.25) is 0 Å². The van der Waals surface area contributed by atoms with Crippen molar-refractivity contribution >= 4 is 17.9 Å². The molecule has 5 nitrogen and oxygen atoms in total. The maximum atomic E-state index is 13.2. The molecule has 1 aliphatic heterocycles. The van der Waals surface area contributed by atoms with Crippen molar-refractivity contribution in [3.8, 4) is 0 Å². The van der Waals surface area contributed by atoms with E-state index < -0.39 is 17.8 Å². The van der Waals surface area contributed by atoms with Crippen LogP contribution < -0.4 is 16.1 Å². The number of nitrogens with one attached hydrogen (secondary N) is 1. The molecule has 0 unspecified atom stereocenters. The maximum Gasteiger partial charge on any atom is 0.418 e. The number of benzene rings is 1. The molecule has 2 amide bonds. The average Bonchev–Trinajstić information content (AvgIpc) is 2.91. The third-order valence-electron chi connectivity index (χ3n) is 3.16. The number of hydrogen-bond donors (Lipinski definition) is 2. The molecular weight excluding hydrogens is 285 g/mol. The Bertz CT molecular complexity index is 551. The first kappa shape index (κ1) is 15.1. The zero-order chi connectivity index (χ0) is 15.5. The van der Waals surface area contributed by atoms with Crippen molar-refractivity contribution in [2.75, 3.05) is 18.0 Å². The van der Waals surface area contributed by atoms with Crippen LogP contribution in [0.5, 0.6) is 0 Å². The molecule has 0 bridgehead atoms. The van der Waals surface area contributed by atoms with Gasteiger partial charge in [-0.1, -0.05) is 6.07 Å². The van der Waals surface area contributed by atoms with Crippen LogP contribution in [0, 0.1) is 0 Å². The summed E-state index contributed by atoms with van der Waals surface area (Å²) in [7, 11) is 0. The van der Waals surface area contributed by atoms with Gasteiger partial charge in [-0.2, -0.15) is 18.3 Å². The number of urea groups is 1. The highest BCUT2D eigenvalue weighted by Gasteiger charge is 2.35. The summed E-state index contributed by atoms with van der Waals surface area (Å²) < 4.78 is 39.5. The number of alkyl halides is 3. The Labute approximate surface area is 119 Å². The molecular formula is C13H15F3N4O. The lowest BCUT2D eigenvalue weighted by atomic mass is 10.1. The lowest BCUT2D eigenvalue weighted by Crippen LogP contribution is -2.24. The Morgan fingerprint density at radius 3 is 2.57 bits per heavy atom. The summed E-state index contributed by atoms with van der Waals surface area (Å²) in [4.78, 5) is 12.2. The number of carbonyl (C=O) groups excluding carboxylic acids is 1. The third kappa shape index (κ3) is 3.87. The standard InChI is InChI=1S/C13H15F3N4O/c14-13(15,16)10-7-9(8-18-19-12(17)21)3-4-11(10)20-5-1-2-6-20/h3-4,7-8H,1-2,5-6H2,(H3,17,19,21). The van der Waals surface area contributed by atoms with Crippen molar-refractivity contribution in [3.05, 3.63) is 29.3 Å². The molecule has 1 fully saturated rings. The van der Waals surface area contributed by atoms with Gasteiger partial charge in [-0.05, 0) is 30.5 Å². The summed E-state index contributed by atoms with van der Waals surface area (Å²) in [6.45, 7) is 1.25. The van der Waals surface area contributed by atoms with Gasteiger partial charge < -0.3 is 10.6 Å². The number of hydrazone groups is 1. The van der Waals surface area contributed by atoms with Gasteiger partial charge >= 0.3 is 12.2 Å². The Balaban J connectivity index is 2.31. The third-order valence-corrected chi connectivity index (χ3v) is 3.16. The lowest BCUT2D eigenvalue weighted by molar-refractivity contribution is -0.137. The molecule has 0 aromatic heterocycles. The molecule has 1 aromatic rings. The first-order valence-corrected chi connectivity index (χ1v) is 6.42. The summed E-state index contributed by atoms with van der Waals surface area (Å²) in [6, 6.07) is 3.09. The van der Waals surface area contributed by atoms with E-state index in [1.54, 1.807) is 4.90 Å². The Morgan fingerprint density at radius 1 is 1.33 bits per heavy atom. The van der Waals surface area contributed by atoms with Gasteiger partial charge in [0.2, 0.25) is 0 Å². The smallest absolute Gasteiger partial charge is 0.371 e. The zero-order valence-corrected chi connectivity index (χ0v) is 11.2. The van der Waals surface area contributed by atoms with Crippen LogP contribution in [0.3, 0.4) is 0 Å². The van der Waals surface area contributed by atoms with Crippen LogP contribution in [0.1, 0.15) is 24.0 Å². The van der Waals surface area contributed by atoms with Gasteiger partial charge in [-0.25, -0.2) is 10.2 Å². The Hall–Kier alpha value is -2.25. The molecule has 3 N–H and O–H groups in total. The van der Waals surface area contributed by atoms with Crippen molar-refractivity contribution in [1.82, 2.24) is 5.43 Å². The number of carbonyl (C=O) groups is 1. The molecule has 0 atom stereocenters. The van der Waals surface area contributed by atoms with Gasteiger partial charge in [0.15, 0.2) is 0 Å². The highest BCUT2D eigenvalue weighted by molar-refractivity contribution is 5.83. The molecule has 21 heavy (non-hydrogen) atoms. The second kappa shape index (κ2) is 6.02. The number of hydrogen-bond acceptors (Lipinski definition) is 3. The van der Waals surface area contributed by atoms with E-state index in [-0.39, 0.29) is 11.3 Å². The van der Waals surface area contributed by atoms with Crippen molar-refractivity contribution < 1.29 is 18.0 Å². The van der Waals surface area contributed by atoms with Crippen molar-refractivity contribution in [2.24, 2.45) is 10.8 Å². The molecule has 8 heteroatoms. The highest BCUT2D eigenvalue weighted by Crippen LogP contribution is 2.38. The second-order valence-electron chi connectivity index (χ2n) is 4.70. The van der Waals surface area contributed by atoms with Crippen molar-refractivity contribution in [2.45, 2.75) is 19.0 Å². The Kier molecular flexibility index (Phi) is 4.35. The average molecular weight is 300 g/mol. The van der Waals surface area contributed by atoms with Crippen LogP contribution in [0.25, 0.3) is 0 Å². The minimum absolute atomic E-state index is 0.181. The number of halogens is 3. The molecule has 0 saturated carbocycles. The molecule has 114 valence electrons. The predicted molar refractivity (Wildman–Crippen MR) is 73.2 cm³/mol. The highest BCUT2D eigenvalue weighted by atomic mass is 19.4. The van der Waals surface area contributed by atoms with E-state index in [4.69, 9.17) is 5.73 Å². The molecule has 1 aliphatic rings. The number of amides is 2. The summed E-state index contributed by atoms with van der Waals surface area (Å²) in [5.74, 6) is 0. The Morgan fingerprint density at radius 2 is 2.00 bits per heavy atom. The number of nitrogens with zero attached hydrogens (tertiary/aromatic N) is 2. The normalized spacial score (nSPS) is 15.7. The number of nitrogens with two attached hydrogens (primary N) is 1. The molecule has 1 heterocycles. The zero-order valence-electron chi connectivity index (χ0n) is 11.2. The SMILES string of the molecule is NC(=O)NN=Cc1ccc(N2CCCC2)c(C(F)(F)F)c1. The lowest BCUT2D eigenvalue weighted by Gasteiger charge is -2.23. The summed E-state index contributed by atoms with van der Waals surface area (Å²) in [5.41, 5.74) is 6.46. The van der Waals surface area contributed by atoms with Crippen molar-refractivity contribution in [3.63, 3.8) is 0 Å². The fourth-order valence-electron chi connectivity index (χ4n) is 2.27. The van der Waals surface area contributed by atoms with Crippen LogP contribution in [0.4, 0.5) is 23.7 Å². The van der Waals surface area contributed by atoms with E-state index in [0.29, 0.717) is 13.1 Å². The van der Waals surface area contributed by atoms with Crippen molar-refractivity contribution in [1.29, 1.82) is 0 Å². The van der Waals surface area contributed by atoms with Gasteiger partial charge in [0.05, 0.1) is 11.8 Å². The first-order chi connectivity index (χ1) is 9.88. The summed E-state index contributed by atoms with van der Waals surface area (Å²) in [6.07, 6.45) is -1.54. The van der Waals surface area contributed by atoms with E-state index in [0.717, 1.165) is 25.1 Å². The van der Waals surface area contributed by atoms with Gasteiger partial charge in [-0.3, -0.25) is 0 Å².